The summed E-state index contributed by atoms with van der Waals surface area (Å²) < 4.78 is 0. The molecule has 122 valence electrons. The van der Waals surface area contributed by atoms with Crippen molar-refractivity contribution in [3.63, 3.8) is 0 Å². The van der Waals surface area contributed by atoms with Crippen LogP contribution in [-0.4, -0.2) is 30.4 Å². The van der Waals surface area contributed by atoms with Gasteiger partial charge in [0.1, 0.15) is 0 Å². The third-order valence-corrected chi connectivity index (χ3v) is 4.95. The topological polar surface area (TPSA) is 43.7 Å². The number of fused-ring (bicyclic) bond motifs is 1. The first kappa shape index (κ1) is 16.0. The second-order valence-electron chi connectivity index (χ2n) is 6.39. The lowest BCUT2D eigenvalue weighted by Crippen LogP contribution is -2.59. The number of para-hydroxylation sites is 1. The Morgan fingerprint density at radius 1 is 0.800 bits per heavy atom. The maximum absolute atomic E-state index is 9.94. The summed E-state index contributed by atoms with van der Waals surface area (Å²) in [5.74, 6) is 0. The largest absolute Gasteiger partial charge is 0.487 e. The van der Waals surface area contributed by atoms with Crippen molar-refractivity contribution in [2.24, 2.45) is 0 Å². The van der Waals surface area contributed by atoms with Crippen molar-refractivity contribution in [1.82, 2.24) is 0 Å². The number of benzene rings is 3. The van der Waals surface area contributed by atoms with Crippen LogP contribution in [0.3, 0.4) is 0 Å². The van der Waals surface area contributed by atoms with E-state index in [-0.39, 0.29) is 6.71 Å². The summed E-state index contributed by atoms with van der Waals surface area (Å²) in [5.41, 5.74) is 4.99. The van der Waals surface area contributed by atoms with E-state index in [0.29, 0.717) is 5.46 Å². The van der Waals surface area contributed by atoms with Crippen LogP contribution >= 0.6 is 0 Å². The van der Waals surface area contributed by atoms with Crippen LogP contribution in [-0.2, 0) is 0 Å². The smallest absolute Gasteiger partial charge is 0.423 e. The zero-order chi connectivity index (χ0) is 17.2. The minimum Gasteiger partial charge on any atom is -0.423 e. The summed E-state index contributed by atoms with van der Waals surface area (Å²) >= 11 is 0. The van der Waals surface area contributed by atoms with Crippen molar-refractivity contribution in [2.45, 2.75) is 6.32 Å². The van der Waals surface area contributed by atoms with Crippen LogP contribution in [0.15, 0.2) is 78.9 Å². The third-order valence-electron chi connectivity index (χ3n) is 4.95. The van der Waals surface area contributed by atoms with E-state index >= 15 is 0 Å². The Kier molecular flexibility index (Phi) is 4.35. The molecule has 3 aromatic carbocycles. The van der Waals surface area contributed by atoms with Gasteiger partial charge in [0, 0.05) is 17.9 Å². The minimum atomic E-state index is -1.48. The number of hydrogen-bond donors (Lipinski definition) is 2. The molecule has 0 saturated carbocycles. The predicted molar refractivity (Wildman–Crippen MR) is 106 cm³/mol. The molecule has 0 saturated heterocycles. The Balaban J connectivity index is 1.88. The lowest BCUT2D eigenvalue weighted by molar-refractivity contribution is 0.426. The van der Waals surface area contributed by atoms with E-state index in [0.717, 1.165) is 29.7 Å². The highest BCUT2D eigenvalue weighted by atomic mass is 16.4. The van der Waals surface area contributed by atoms with Crippen molar-refractivity contribution in [3.05, 3.63) is 78.9 Å². The first-order valence-electron chi connectivity index (χ1n) is 8.62. The van der Waals surface area contributed by atoms with Gasteiger partial charge in [-0.3, -0.25) is 0 Å². The van der Waals surface area contributed by atoms with E-state index in [1.165, 1.54) is 5.46 Å². The number of anilines is 2. The first-order valence-corrected chi connectivity index (χ1v) is 8.62. The summed E-state index contributed by atoms with van der Waals surface area (Å²) in [6, 6.07) is 26.4. The maximum atomic E-state index is 9.94. The molecule has 1 heterocycles. The van der Waals surface area contributed by atoms with Crippen molar-refractivity contribution in [1.29, 1.82) is 0 Å². The van der Waals surface area contributed by atoms with Crippen molar-refractivity contribution >= 4 is 41.6 Å². The standard InChI is InChI=1S/C20H19B2NO2/c24-22(25)18-12-7-13-19-20(18)21(16-8-3-1-4-9-16)14-15-23(19)17-10-5-2-6-11-17/h1-13,24-25H,14-15H2. The molecule has 0 radical (unpaired) electrons. The Labute approximate surface area is 148 Å². The van der Waals surface area contributed by atoms with Crippen molar-refractivity contribution in [2.75, 3.05) is 11.4 Å². The fraction of sp³-hybridized carbons (Fsp3) is 0.100. The van der Waals surface area contributed by atoms with Crippen LogP contribution < -0.4 is 21.3 Å². The first-order chi connectivity index (χ1) is 12.3. The number of rotatable bonds is 3. The fourth-order valence-corrected chi connectivity index (χ4v) is 3.83. The SMILES string of the molecule is OB(O)c1cccc2c1B(c1ccccc1)CCN2c1ccccc1. The van der Waals surface area contributed by atoms with Crippen molar-refractivity contribution in [3.8, 4) is 0 Å². The average Bonchev–Trinajstić information content (AvgIpc) is 2.68. The molecule has 2 N–H and O–H groups in total. The fourth-order valence-electron chi connectivity index (χ4n) is 3.83. The van der Waals surface area contributed by atoms with Crippen LogP contribution in [0, 0.1) is 0 Å². The summed E-state index contributed by atoms with van der Waals surface area (Å²) in [7, 11) is -1.48. The molecule has 5 heteroatoms. The summed E-state index contributed by atoms with van der Waals surface area (Å²) in [6.45, 7) is 1.05. The molecule has 0 aliphatic carbocycles. The molecule has 3 nitrogen and oxygen atoms in total. The highest BCUT2D eigenvalue weighted by Gasteiger charge is 2.34. The highest BCUT2D eigenvalue weighted by molar-refractivity contribution is 6.90. The van der Waals surface area contributed by atoms with Gasteiger partial charge in [-0.25, -0.2) is 0 Å². The lowest BCUT2D eigenvalue weighted by Gasteiger charge is -2.36. The Morgan fingerprint density at radius 3 is 2.16 bits per heavy atom. The van der Waals surface area contributed by atoms with E-state index in [2.05, 4.69) is 35.2 Å². The van der Waals surface area contributed by atoms with Gasteiger partial charge in [-0.15, -0.1) is 0 Å². The van der Waals surface area contributed by atoms with Gasteiger partial charge in [-0.05, 0) is 30.0 Å². The molecule has 0 amide bonds. The van der Waals surface area contributed by atoms with Gasteiger partial charge in [-0.1, -0.05) is 71.6 Å². The van der Waals surface area contributed by atoms with E-state index in [9.17, 15) is 10.0 Å². The molecular weight excluding hydrogens is 308 g/mol. The molecule has 25 heavy (non-hydrogen) atoms. The maximum Gasteiger partial charge on any atom is 0.487 e. The van der Waals surface area contributed by atoms with Crippen LogP contribution in [0.25, 0.3) is 0 Å². The zero-order valence-corrected chi connectivity index (χ0v) is 13.9. The monoisotopic (exact) mass is 327 g/mol. The van der Waals surface area contributed by atoms with E-state index in [1.807, 2.05) is 48.5 Å². The second kappa shape index (κ2) is 6.79. The molecule has 0 spiro atoms. The molecular formula is C20H19B2NO2. The van der Waals surface area contributed by atoms with E-state index in [1.54, 1.807) is 0 Å². The van der Waals surface area contributed by atoms with Crippen LogP contribution in [0.5, 0.6) is 0 Å². The molecule has 1 aliphatic rings. The van der Waals surface area contributed by atoms with Gasteiger partial charge in [0.2, 0.25) is 6.71 Å². The summed E-state index contributed by atoms with van der Waals surface area (Å²) in [6.07, 6.45) is 0.926. The van der Waals surface area contributed by atoms with Crippen molar-refractivity contribution < 1.29 is 10.0 Å². The molecule has 0 fully saturated rings. The third kappa shape index (κ3) is 2.97. The predicted octanol–water partition coefficient (Wildman–Crippen LogP) is 1.13. The van der Waals surface area contributed by atoms with Gasteiger partial charge in [0.05, 0.1) is 0 Å². The van der Waals surface area contributed by atoms with Gasteiger partial charge in [0.15, 0.2) is 0 Å². The molecule has 0 atom stereocenters. The van der Waals surface area contributed by atoms with E-state index < -0.39 is 7.12 Å². The Bertz CT molecular complexity index is 856. The quantitative estimate of drug-likeness (QED) is 0.709. The average molecular weight is 327 g/mol. The molecule has 0 bridgehead atoms. The van der Waals surface area contributed by atoms with Crippen LogP contribution in [0.2, 0.25) is 6.32 Å². The molecule has 0 aromatic heterocycles. The normalized spacial score (nSPS) is 13.5. The van der Waals surface area contributed by atoms with Gasteiger partial charge in [0.25, 0.3) is 0 Å². The highest BCUT2D eigenvalue weighted by Crippen LogP contribution is 2.27. The Hall–Kier alpha value is -2.49. The van der Waals surface area contributed by atoms with Crippen LogP contribution in [0.1, 0.15) is 0 Å². The molecule has 4 rings (SSSR count). The van der Waals surface area contributed by atoms with Gasteiger partial charge < -0.3 is 14.9 Å². The van der Waals surface area contributed by atoms with Gasteiger partial charge in [-0.2, -0.15) is 0 Å². The number of hydrogen-bond acceptors (Lipinski definition) is 3. The zero-order valence-electron chi connectivity index (χ0n) is 13.9. The number of nitrogens with zero attached hydrogens (tertiary/aromatic N) is 1. The summed E-state index contributed by atoms with van der Waals surface area (Å²) in [5, 5.41) is 19.9. The van der Waals surface area contributed by atoms with Gasteiger partial charge >= 0.3 is 7.12 Å². The lowest BCUT2D eigenvalue weighted by atomic mass is 9.35. The molecule has 1 aliphatic heterocycles. The van der Waals surface area contributed by atoms with E-state index in [4.69, 9.17) is 0 Å². The molecule has 0 unspecified atom stereocenters. The second-order valence-corrected chi connectivity index (χ2v) is 6.39. The minimum absolute atomic E-state index is 0.161. The van der Waals surface area contributed by atoms with Crippen LogP contribution in [0.4, 0.5) is 11.4 Å². The Morgan fingerprint density at radius 2 is 1.48 bits per heavy atom. The summed E-state index contributed by atoms with van der Waals surface area (Å²) in [4.78, 5) is 2.26. The molecule has 3 aromatic rings.